The van der Waals surface area contributed by atoms with Crippen LogP contribution >= 0.6 is 0 Å². The van der Waals surface area contributed by atoms with E-state index in [0.717, 1.165) is 0 Å². The normalized spacial score (nSPS) is 27.8. The Morgan fingerprint density at radius 1 is 1.14 bits per heavy atom. The van der Waals surface area contributed by atoms with Crippen molar-refractivity contribution in [3.05, 3.63) is 12.7 Å². The minimum Gasteiger partial charge on any atom is -0.356 e. The summed E-state index contributed by atoms with van der Waals surface area (Å²) in [6.45, 7) is 14.9. The quantitative estimate of drug-likeness (QED) is 0.233. The van der Waals surface area contributed by atoms with E-state index in [1.807, 2.05) is 20.8 Å². The van der Waals surface area contributed by atoms with Gasteiger partial charge in [0, 0.05) is 12.5 Å². The number of rotatable bonds is 10. The number of amides is 3. The van der Waals surface area contributed by atoms with Gasteiger partial charge in [-0.1, -0.05) is 26.8 Å². The van der Waals surface area contributed by atoms with Gasteiger partial charge in [-0.15, -0.1) is 6.58 Å². The van der Waals surface area contributed by atoms with Gasteiger partial charge in [0.2, 0.25) is 28.3 Å². The topological polar surface area (TPSA) is 154 Å². The summed E-state index contributed by atoms with van der Waals surface area (Å²) in [6, 6.07) is -1.70. The van der Waals surface area contributed by atoms with Crippen molar-refractivity contribution in [2.75, 3.05) is 6.54 Å². The van der Waals surface area contributed by atoms with Crippen LogP contribution in [0.1, 0.15) is 73.6 Å². The summed E-state index contributed by atoms with van der Waals surface area (Å²) < 4.78 is 32.3. The number of carbonyl (C=O) groups is 3. The average molecular weight is 543 g/mol. The lowest BCUT2D eigenvalue weighted by Crippen LogP contribution is -2.61. The van der Waals surface area contributed by atoms with Crippen molar-refractivity contribution < 1.29 is 32.6 Å². The molecule has 0 bridgehead atoms. The van der Waals surface area contributed by atoms with E-state index in [1.165, 1.54) is 11.0 Å². The Balaban J connectivity index is 1.74. The fourth-order valence-corrected chi connectivity index (χ4v) is 6.06. The molecule has 0 aromatic heterocycles. The van der Waals surface area contributed by atoms with E-state index in [0.29, 0.717) is 32.2 Å². The molecule has 5 atom stereocenters. The Morgan fingerprint density at radius 3 is 2.24 bits per heavy atom. The molecule has 0 aromatic carbocycles. The van der Waals surface area contributed by atoms with Crippen molar-refractivity contribution in [3.8, 4) is 0 Å². The third kappa shape index (κ3) is 6.90. The van der Waals surface area contributed by atoms with E-state index in [1.54, 1.807) is 20.8 Å². The lowest BCUT2D eigenvalue weighted by Gasteiger charge is -2.37. The van der Waals surface area contributed by atoms with Crippen molar-refractivity contribution in [1.29, 1.82) is 0 Å². The van der Waals surface area contributed by atoms with Gasteiger partial charge in [-0.3, -0.25) is 24.4 Å². The number of aliphatic hydroxyl groups is 1. The second-order valence-electron chi connectivity index (χ2n) is 12.4. The molecule has 1 saturated heterocycles. The van der Waals surface area contributed by atoms with Crippen molar-refractivity contribution >= 4 is 27.7 Å². The van der Waals surface area contributed by atoms with Crippen molar-refractivity contribution in [2.24, 2.45) is 11.3 Å². The van der Waals surface area contributed by atoms with Crippen molar-refractivity contribution in [2.45, 2.75) is 109 Å². The van der Waals surface area contributed by atoms with Gasteiger partial charge in [0.15, 0.2) is 0 Å². The predicted molar refractivity (Wildman–Crippen MR) is 137 cm³/mol. The van der Waals surface area contributed by atoms with Crippen molar-refractivity contribution in [1.82, 2.24) is 20.3 Å². The fourth-order valence-electron chi connectivity index (χ4n) is 4.69. The van der Waals surface area contributed by atoms with Crippen LogP contribution in [0.4, 0.5) is 0 Å². The van der Waals surface area contributed by atoms with Crippen LogP contribution in [0.25, 0.3) is 0 Å². The van der Waals surface area contributed by atoms with Gasteiger partial charge in [-0.05, 0) is 58.3 Å². The molecule has 1 unspecified atom stereocenters. The first-order valence-electron chi connectivity index (χ1n) is 12.8. The highest BCUT2D eigenvalue weighted by Gasteiger charge is 2.61. The first kappa shape index (κ1) is 29.5. The molecule has 3 rings (SSSR count). The Labute approximate surface area is 219 Å². The highest BCUT2D eigenvalue weighted by Crippen LogP contribution is 2.45. The second-order valence-corrected chi connectivity index (χ2v) is 14.4. The van der Waals surface area contributed by atoms with Gasteiger partial charge in [0.05, 0.1) is 16.9 Å². The number of likely N-dealkylation sites (tertiary alicyclic amines) is 1. The highest BCUT2D eigenvalue weighted by molar-refractivity contribution is 7.91. The monoisotopic (exact) mass is 542 g/mol. The van der Waals surface area contributed by atoms with Crippen LogP contribution in [0.3, 0.4) is 0 Å². The number of sulfonamides is 1. The zero-order valence-electron chi connectivity index (χ0n) is 22.7. The molecule has 11 nitrogen and oxygen atoms in total. The number of nitrogens with zero attached hydrogens (tertiary/aromatic N) is 1. The minimum atomic E-state index is -3.79. The summed E-state index contributed by atoms with van der Waals surface area (Å²) in [7, 11) is -3.79. The van der Waals surface area contributed by atoms with Gasteiger partial charge in [-0.25, -0.2) is 8.42 Å². The molecule has 2 saturated carbocycles. The van der Waals surface area contributed by atoms with Gasteiger partial charge in [0.1, 0.15) is 11.6 Å². The first-order valence-corrected chi connectivity index (χ1v) is 14.4. The van der Waals surface area contributed by atoms with Gasteiger partial charge in [-0.2, -0.15) is 0 Å². The molecule has 2 aliphatic carbocycles. The van der Waals surface area contributed by atoms with Crippen LogP contribution < -0.4 is 15.4 Å². The summed E-state index contributed by atoms with van der Waals surface area (Å²) in [5.74, 6) is -2.07. The zero-order valence-corrected chi connectivity index (χ0v) is 23.5. The number of carbonyl (C=O) groups excluding carboxylic acids is 3. The Bertz CT molecular complexity index is 1030. The number of hydrogen-bond acceptors (Lipinski definition) is 8. The summed E-state index contributed by atoms with van der Waals surface area (Å²) in [6.07, 6.45) is 2.35. The standard InChI is InChI=1S/C25H42N4O7S/c1-8-15-14-25(15,21(32)28-37(34,35)16-11-12-16)27-19(30)17-10-9-13-29(17)20(31)18(23(2,3)4)26-22(33)36-24(5,6)7/h8,15-18,22,26,33H,1,9-14H2,2-7H3,(H,27,30)(H,28,32)/t15-,17+,18-,22?,25-/m1/s1. The molecule has 3 fully saturated rings. The average Bonchev–Trinajstić information content (AvgIpc) is 3.66. The number of aliphatic hydroxyl groups excluding tert-OH is 1. The SMILES string of the molecule is C=C[C@@H]1C[C@]1(NC(=O)[C@@H]1CCCN1C(=O)[C@@H](NC(O)OC(C)(C)C)C(C)(C)C)C(=O)NS(=O)(=O)C1CC1. The molecular weight excluding hydrogens is 500 g/mol. The fraction of sp³-hybridized carbons (Fsp3) is 0.800. The molecule has 4 N–H and O–H groups in total. The number of ether oxygens (including phenoxy) is 1. The Kier molecular flexibility index (Phi) is 8.20. The molecule has 210 valence electrons. The molecule has 1 heterocycles. The predicted octanol–water partition coefficient (Wildman–Crippen LogP) is 0.742. The van der Waals surface area contributed by atoms with Gasteiger partial charge < -0.3 is 20.1 Å². The van der Waals surface area contributed by atoms with Crippen LogP contribution in [-0.4, -0.2) is 77.6 Å². The van der Waals surface area contributed by atoms with Crippen LogP contribution in [0.2, 0.25) is 0 Å². The van der Waals surface area contributed by atoms with Gasteiger partial charge >= 0.3 is 0 Å². The highest BCUT2D eigenvalue weighted by atomic mass is 32.2. The third-order valence-corrected chi connectivity index (χ3v) is 8.79. The molecule has 37 heavy (non-hydrogen) atoms. The van der Waals surface area contributed by atoms with Crippen LogP contribution in [0.5, 0.6) is 0 Å². The molecule has 3 amide bonds. The maximum absolute atomic E-state index is 13.7. The molecule has 1 aliphatic heterocycles. The molecule has 0 aromatic rings. The molecule has 12 heteroatoms. The zero-order chi connectivity index (χ0) is 28.0. The van der Waals surface area contributed by atoms with E-state index in [9.17, 15) is 27.9 Å². The van der Waals surface area contributed by atoms with Crippen LogP contribution in [0.15, 0.2) is 12.7 Å². The lowest BCUT2D eigenvalue weighted by atomic mass is 9.85. The Hall–Kier alpha value is -2.02. The summed E-state index contributed by atoms with van der Waals surface area (Å²) in [4.78, 5) is 41.5. The van der Waals surface area contributed by atoms with E-state index < -0.39 is 68.1 Å². The van der Waals surface area contributed by atoms with Crippen molar-refractivity contribution in [3.63, 3.8) is 0 Å². The van der Waals surface area contributed by atoms with E-state index >= 15 is 0 Å². The maximum atomic E-state index is 13.7. The van der Waals surface area contributed by atoms with E-state index in [2.05, 4.69) is 21.9 Å². The number of hydrogen-bond donors (Lipinski definition) is 4. The first-order chi connectivity index (χ1) is 16.9. The molecular formula is C25H42N4O7S. The summed E-state index contributed by atoms with van der Waals surface area (Å²) in [5, 5.41) is 15.4. The number of nitrogens with one attached hydrogen (secondary N) is 3. The molecule has 0 spiro atoms. The largest absolute Gasteiger partial charge is 0.356 e. The maximum Gasteiger partial charge on any atom is 0.259 e. The third-order valence-electron chi connectivity index (χ3n) is 6.97. The second kappa shape index (κ2) is 10.3. The summed E-state index contributed by atoms with van der Waals surface area (Å²) >= 11 is 0. The smallest absolute Gasteiger partial charge is 0.259 e. The Morgan fingerprint density at radius 2 is 1.76 bits per heavy atom. The lowest BCUT2D eigenvalue weighted by molar-refractivity contribution is -0.192. The van der Waals surface area contributed by atoms with Crippen LogP contribution in [0, 0.1) is 11.3 Å². The van der Waals surface area contributed by atoms with E-state index in [-0.39, 0.29) is 12.3 Å². The minimum absolute atomic E-state index is 0.234. The van der Waals surface area contributed by atoms with Gasteiger partial charge in [0.25, 0.3) is 5.91 Å². The van der Waals surface area contributed by atoms with E-state index in [4.69, 9.17) is 4.74 Å². The molecule has 3 aliphatic rings. The molecule has 0 radical (unpaired) electrons. The summed E-state index contributed by atoms with van der Waals surface area (Å²) in [5.41, 5.74) is -2.68. The van der Waals surface area contributed by atoms with Crippen LogP contribution in [-0.2, 0) is 29.1 Å².